The maximum atomic E-state index is 12.9. The summed E-state index contributed by atoms with van der Waals surface area (Å²) in [5, 5.41) is 1.22. The molecule has 4 heteroatoms. The summed E-state index contributed by atoms with van der Waals surface area (Å²) in [5.41, 5.74) is 2.35. The zero-order valence-corrected chi connectivity index (χ0v) is 14.3. The number of amides is 1. The molecule has 1 atom stereocenters. The fourth-order valence-electron chi connectivity index (χ4n) is 3.85. The van der Waals surface area contributed by atoms with E-state index in [2.05, 4.69) is 44.9 Å². The highest BCUT2D eigenvalue weighted by Gasteiger charge is 2.27. The molecule has 3 heterocycles. The van der Waals surface area contributed by atoms with Gasteiger partial charge in [0.2, 0.25) is 5.91 Å². The molecule has 1 saturated heterocycles. The van der Waals surface area contributed by atoms with E-state index >= 15 is 0 Å². The van der Waals surface area contributed by atoms with Crippen molar-refractivity contribution in [2.75, 3.05) is 6.54 Å². The molecule has 0 bridgehead atoms. The quantitative estimate of drug-likeness (QED) is 0.718. The van der Waals surface area contributed by atoms with Crippen LogP contribution in [0.2, 0.25) is 0 Å². The van der Waals surface area contributed by atoms with Gasteiger partial charge in [0, 0.05) is 43.6 Å². The summed E-state index contributed by atoms with van der Waals surface area (Å²) >= 11 is 0. The van der Waals surface area contributed by atoms with Crippen molar-refractivity contribution >= 4 is 16.8 Å². The third-order valence-corrected chi connectivity index (χ3v) is 5.14. The SMILES string of the molecule is O=C(CCn1ccc2ccccc21)N1CCCC[C@H]1c1cccnc1. The molecule has 128 valence electrons. The minimum atomic E-state index is 0.177. The van der Waals surface area contributed by atoms with Crippen LogP contribution >= 0.6 is 0 Å². The smallest absolute Gasteiger partial charge is 0.224 e. The van der Waals surface area contributed by atoms with Gasteiger partial charge >= 0.3 is 0 Å². The van der Waals surface area contributed by atoms with E-state index in [9.17, 15) is 4.79 Å². The summed E-state index contributed by atoms with van der Waals surface area (Å²) in [6, 6.07) is 14.6. The highest BCUT2D eigenvalue weighted by molar-refractivity contribution is 5.80. The number of pyridine rings is 1. The number of benzene rings is 1. The number of fused-ring (bicyclic) bond motifs is 1. The zero-order chi connectivity index (χ0) is 17.1. The van der Waals surface area contributed by atoms with Crippen LogP contribution in [0.3, 0.4) is 0 Å². The van der Waals surface area contributed by atoms with Gasteiger partial charge in [-0.2, -0.15) is 0 Å². The predicted molar refractivity (Wildman–Crippen MR) is 99.1 cm³/mol. The van der Waals surface area contributed by atoms with Gasteiger partial charge in [0.25, 0.3) is 0 Å². The molecule has 25 heavy (non-hydrogen) atoms. The van der Waals surface area contributed by atoms with Gasteiger partial charge in [-0.15, -0.1) is 0 Å². The summed E-state index contributed by atoms with van der Waals surface area (Å²) in [7, 11) is 0. The largest absolute Gasteiger partial charge is 0.347 e. The van der Waals surface area contributed by atoms with Crippen LogP contribution in [0.1, 0.15) is 37.3 Å². The molecule has 2 aromatic heterocycles. The number of rotatable bonds is 4. The molecule has 3 aromatic rings. The van der Waals surface area contributed by atoms with Crippen LogP contribution in [-0.4, -0.2) is 26.9 Å². The Morgan fingerprint density at radius 3 is 2.92 bits per heavy atom. The minimum Gasteiger partial charge on any atom is -0.347 e. The van der Waals surface area contributed by atoms with Gasteiger partial charge < -0.3 is 9.47 Å². The molecular formula is C21H23N3O. The summed E-state index contributed by atoms with van der Waals surface area (Å²) in [6.45, 7) is 1.58. The van der Waals surface area contributed by atoms with Crippen LogP contribution < -0.4 is 0 Å². The number of para-hydroxylation sites is 1. The Morgan fingerprint density at radius 1 is 1.12 bits per heavy atom. The summed E-state index contributed by atoms with van der Waals surface area (Å²) in [6.07, 6.45) is 9.60. The molecule has 4 rings (SSSR count). The van der Waals surface area contributed by atoms with Crippen LogP contribution in [0, 0.1) is 0 Å². The second-order valence-corrected chi connectivity index (χ2v) is 6.70. The molecule has 1 fully saturated rings. The van der Waals surface area contributed by atoms with Gasteiger partial charge in [0.05, 0.1) is 6.04 Å². The van der Waals surface area contributed by atoms with Crippen LogP contribution in [-0.2, 0) is 11.3 Å². The van der Waals surface area contributed by atoms with Gasteiger partial charge in [-0.25, -0.2) is 0 Å². The lowest BCUT2D eigenvalue weighted by molar-refractivity contribution is -0.135. The van der Waals surface area contributed by atoms with Gasteiger partial charge in [0.1, 0.15) is 0 Å². The second kappa shape index (κ2) is 7.09. The highest BCUT2D eigenvalue weighted by Crippen LogP contribution is 2.31. The van der Waals surface area contributed by atoms with Crippen molar-refractivity contribution < 1.29 is 4.79 Å². The fraction of sp³-hybridized carbons (Fsp3) is 0.333. The molecule has 0 unspecified atom stereocenters. The predicted octanol–water partition coefficient (Wildman–Crippen LogP) is 4.18. The van der Waals surface area contributed by atoms with Gasteiger partial charge in [0.15, 0.2) is 0 Å². The number of aryl methyl sites for hydroxylation is 1. The summed E-state index contributed by atoms with van der Waals surface area (Å²) in [5.74, 6) is 0.242. The van der Waals surface area contributed by atoms with E-state index in [4.69, 9.17) is 0 Å². The van der Waals surface area contributed by atoms with Crippen molar-refractivity contribution in [3.05, 3.63) is 66.6 Å². The van der Waals surface area contributed by atoms with E-state index in [1.165, 1.54) is 17.3 Å². The van der Waals surface area contributed by atoms with Crippen LogP contribution in [0.15, 0.2) is 61.1 Å². The molecule has 0 N–H and O–H groups in total. The Bertz CT molecular complexity index is 856. The van der Waals surface area contributed by atoms with Crippen molar-refractivity contribution in [2.24, 2.45) is 0 Å². The Labute approximate surface area is 148 Å². The standard InChI is InChI=1S/C21H23N3O/c25-21(11-15-23-14-10-17-6-1-2-8-19(17)23)24-13-4-3-9-20(24)18-7-5-12-22-16-18/h1-2,5-8,10,12,14,16,20H,3-4,9,11,13,15H2/t20-/m0/s1. The van der Waals surface area contributed by atoms with E-state index in [1.54, 1.807) is 6.20 Å². The van der Waals surface area contributed by atoms with Crippen LogP contribution in [0.25, 0.3) is 10.9 Å². The molecule has 0 aliphatic carbocycles. The minimum absolute atomic E-state index is 0.177. The van der Waals surface area contributed by atoms with Crippen molar-refractivity contribution in [1.82, 2.24) is 14.5 Å². The molecular weight excluding hydrogens is 310 g/mol. The molecule has 0 saturated carbocycles. The number of carbonyl (C=O) groups is 1. The van der Waals surface area contributed by atoms with Crippen LogP contribution in [0.4, 0.5) is 0 Å². The number of carbonyl (C=O) groups excluding carboxylic acids is 1. The molecule has 1 aliphatic rings. The van der Waals surface area contributed by atoms with Gasteiger partial charge in [-0.05, 0) is 48.4 Å². The number of aromatic nitrogens is 2. The second-order valence-electron chi connectivity index (χ2n) is 6.70. The van der Waals surface area contributed by atoms with E-state index < -0.39 is 0 Å². The maximum Gasteiger partial charge on any atom is 0.224 e. The normalized spacial score (nSPS) is 17.8. The highest BCUT2D eigenvalue weighted by atomic mass is 16.2. The van der Waals surface area contributed by atoms with E-state index in [1.807, 2.05) is 24.4 Å². The van der Waals surface area contributed by atoms with Crippen molar-refractivity contribution in [3.8, 4) is 0 Å². The average Bonchev–Trinajstić information content (AvgIpc) is 3.10. The number of nitrogens with zero attached hydrogens (tertiary/aromatic N) is 3. The average molecular weight is 333 g/mol. The lowest BCUT2D eigenvalue weighted by Gasteiger charge is -2.36. The third-order valence-electron chi connectivity index (χ3n) is 5.14. The lowest BCUT2D eigenvalue weighted by Crippen LogP contribution is -2.38. The molecule has 1 aliphatic heterocycles. The van der Waals surface area contributed by atoms with Gasteiger partial charge in [-0.1, -0.05) is 24.3 Å². The number of piperidine rings is 1. The monoisotopic (exact) mass is 333 g/mol. The first-order valence-corrected chi connectivity index (χ1v) is 9.06. The molecule has 1 aromatic carbocycles. The van der Waals surface area contributed by atoms with E-state index in [-0.39, 0.29) is 11.9 Å². The number of hydrogen-bond acceptors (Lipinski definition) is 2. The summed E-state index contributed by atoms with van der Waals surface area (Å²) in [4.78, 5) is 19.2. The van der Waals surface area contributed by atoms with Crippen molar-refractivity contribution in [1.29, 1.82) is 0 Å². The first-order valence-electron chi connectivity index (χ1n) is 9.06. The fourth-order valence-corrected chi connectivity index (χ4v) is 3.85. The van der Waals surface area contributed by atoms with Crippen molar-refractivity contribution in [2.45, 2.75) is 38.3 Å². The lowest BCUT2D eigenvalue weighted by atomic mass is 9.96. The Kier molecular flexibility index (Phi) is 4.51. The first kappa shape index (κ1) is 15.9. The van der Waals surface area contributed by atoms with Crippen LogP contribution in [0.5, 0.6) is 0 Å². The van der Waals surface area contributed by atoms with E-state index in [0.29, 0.717) is 6.42 Å². The van der Waals surface area contributed by atoms with Crippen molar-refractivity contribution in [3.63, 3.8) is 0 Å². The Morgan fingerprint density at radius 2 is 2.04 bits per heavy atom. The molecule has 4 nitrogen and oxygen atoms in total. The third kappa shape index (κ3) is 3.29. The van der Waals surface area contributed by atoms with E-state index in [0.717, 1.165) is 31.5 Å². The zero-order valence-electron chi connectivity index (χ0n) is 14.3. The van der Waals surface area contributed by atoms with Gasteiger partial charge in [-0.3, -0.25) is 9.78 Å². The first-order chi connectivity index (χ1) is 12.3. The maximum absolute atomic E-state index is 12.9. The number of hydrogen-bond donors (Lipinski definition) is 0. The Balaban J connectivity index is 1.47. The number of likely N-dealkylation sites (tertiary alicyclic amines) is 1. The Hall–Kier alpha value is -2.62. The topological polar surface area (TPSA) is 38.1 Å². The summed E-state index contributed by atoms with van der Waals surface area (Å²) < 4.78 is 2.18. The molecule has 0 spiro atoms. The molecule has 1 amide bonds. The molecule has 0 radical (unpaired) electrons.